The third-order valence-electron chi connectivity index (χ3n) is 2.84. The first-order valence-electron chi connectivity index (χ1n) is 5.36. The molecule has 1 unspecified atom stereocenters. The summed E-state index contributed by atoms with van der Waals surface area (Å²) in [5.41, 5.74) is 2.60. The lowest BCUT2D eigenvalue weighted by Gasteiger charge is -2.15. The third-order valence-corrected chi connectivity index (χ3v) is 2.84. The zero-order valence-corrected chi connectivity index (χ0v) is 9.67. The second-order valence-corrected chi connectivity index (χ2v) is 3.79. The van der Waals surface area contributed by atoms with Gasteiger partial charge in [0.2, 0.25) is 0 Å². The third kappa shape index (κ3) is 2.35. The molecule has 3 heteroatoms. The highest BCUT2D eigenvalue weighted by Crippen LogP contribution is 2.21. The van der Waals surface area contributed by atoms with Crippen LogP contribution in [-0.2, 0) is 7.05 Å². The van der Waals surface area contributed by atoms with Gasteiger partial charge in [-0.1, -0.05) is 19.8 Å². The molecule has 0 fully saturated rings. The minimum Gasteiger partial charge on any atom is -0.313 e. The molecule has 0 aliphatic heterocycles. The number of unbranched alkanes of at least 4 members (excludes halogenated alkanes) is 1. The maximum absolute atomic E-state index is 4.27. The summed E-state index contributed by atoms with van der Waals surface area (Å²) in [6, 6.07) is 0.462. The first-order chi connectivity index (χ1) is 6.70. The molecule has 0 amide bonds. The molecule has 1 atom stereocenters. The Labute approximate surface area is 86.5 Å². The van der Waals surface area contributed by atoms with Crippen LogP contribution in [0.3, 0.4) is 0 Å². The van der Waals surface area contributed by atoms with Crippen LogP contribution in [0, 0.1) is 6.92 Å². The molecule has 1 N–H and O–H groups in total. The molecular formula is C11H21N3. The van der Waals surface area contributed by atoms with Gasteiger partial charge in [0.25, 0.3) is 0 Å². The van der Waals surface area contributed by atoms with Crippen molar-refractivity contribution in [2.45, 2.75) is 39.2 Å². The predicted octanol–water partition coefficient (Wildman–Crippen LogP) is 2.18. The first kappa shape index (κ1) is 11.2. The maximum atomic E-state index is 4.27. The summed E-state index contributed by atoms with van der Waals surface area (Å²) in [6.07, 6.45) is 5.68. The van der Waals surface area contributed by atoms with Gasteiger partial charge >= 0.3 is 0 Å². The van der Waals surface area contributed by atoms with E-state index in [9.17, 15) is 0 Å². The molecule has 0 saturated heterocycles. The zero-order valence-electron chi connectivity index (χ0n) is 9.67. The summed E-state index contributed by atoms with van der Waals surface area (Å²) in [6.45, 7) is 4.35. The van der Waals surface area contributed by atoms with Crippen molar-refractivity contribution < 1.29 is 0 Å². The Bertz CT molecular complexity index is 278. The van der Waals surface area contributed by atoms with Crippen molar-refractivity contribution in [3.8, 4) is 0 Å². The highest BCUT2D eigenvalue weighted by Gasteiger charge is 2.13. The van der Waals surface area contributed by atoms with Gasteiger partial charge in [-0.25, -0.2) is 0 Å². The molecule has 1 rings (SSSR count). The van der Waals surface area contributed by atoms with E-state index in [1.807, 2.05) is 25.0 Å². The van der Waals surface area contributed by atoms with Crippen molar-refractivity contribution in [2.24, 2.45) is 7.05 Å². The van der Waals surface area contributed by atoms with Gasteiger partial charge in [-0.15, -0.1) is 0 Å². The lowest BCUT2D eigenvalue weighted by molar-refractivity contribution is 0.519. The van der Waals surface area contributed by atoms with Gasteiger partial charge in [-0.3, -0.25) is 4.68 Å². The smallest absolute Gasteiger partial charge is 0.0540 e. The van der Waals surface area contributed by atoms with E-state index in [1.54, 1.807) is 0 Å². The number of nitrogens with one attached hydrogen (secondary N) is 1. The van der Waals surface area contributed by atoms with Crippen molar-refractivity contribution in [1.82, 2.24) is 15.1 Å². The summed E-state index contributed by atoms with van der Waals surface area (Å²) in [7, 11) is 4.01. The van der Waals surface area contributed by atoms with Crippen LogP contribution in [0.15, 0.2) is 6.20 Å². The molecule has 1 heterocycles. The van der Waals surface area contributed by atoms with Crippen LogP contribution in [0.2, 0.25) is 0 Å². The summed E-state index contributed by atoms with van der Waals surface area (Å²) < 4.78 is 1.94. The Morgan fingerprint density at radius 3 is 2.71 bits per heavy atom. The molecule has 14 heavy (non-hydrogen) atoms. The molecule has 1 aromatic heterocycles. The van der Waals surface area contributed by atoms with Crippen LogP contribution in [0.5, 0.6) is 0 Å². The largest absolute Gasteiger partial charge is 0.313 e. The number of aryl methyl sites for hydroxylation is 1. The second kappa shape index (κ2) is 5.15. The van der Waals surface area contributed by atoms with Crippen LogP contribution in [0.25, 0.3) is 0 Å². The maximum Gasteiger partial charge on any atom is 0.0540 e. The monoisotopic (exact) mass is 195 g/mol. The number of aromatic nitrogens is 2. The van der Waals surface area contributed by atoms with Gasteiger partial charge in [0.1, 0.15) is 0 Å². The molecule has 80 valence electrons. The van der Waals surface area contributed by atoms with Crippen molar-refractivity contribution >= 4 is 0 Å². The topological polar surface area (TPSA) is 29.9 Å². The van der Waals surface area contributed by atoms with Crippen LogP contribution < -0.4 is 5.32 Å². The van der Waals surface area contributed by atoms with Crippen LogP contribution >= 0.6 is 0 Å². The van der Waals surface area contributed by atoms with E-state index < -0.39 is 0 Å². The van der Waals surface area contributed by atoms with E-state index in [2.05, 4.69) is 24.3 Å². The highest BCUT2D eigenvalue weighted by molar-refractivity contribution is 5.20. The van der Waals surface area contributed by atoms with Crippen LogP contribution in [0.4, 0.5) is 0 Å². The number of nitrogens with zero attached hydrogens (tertiary/aromatic N) is 2. The predicted molar refractivity (Wildman–Crippen MR) is 59.3 cm³/mol. The second-order valence-electron chi connectivity index (χ2n) is 3.79. The Kier molecular flexibility index (Phi) is 4.14. The Morgan fingerprint density at radius 2 is 2.29 bits per heavy atom. The Hall–Kier alpha value is -0.830. The van der Waals surface area contributed by atoms with E-state index in [0.29, 0.717) is 6.04 Å². The molecule has 0 bridgehead atoms. The van der Waals surface area contributed by atoms with Crippen molar-refractivity contribution in [3.05, 3.63) is 17.5 Å². The quantitative estimate of drug-likeness (QED) is 0.780. The van der Waals surface area contributed by atoms with Gasteiger partial charge in [0, 0.05) is 24.3 Å². The lowest BCUT2D eigenvalue weighted by atomic mass is 10.0. The molecule has 3 nitrogen and oxygen atoms in total. The van der Waals surface area contributed by atoms with Gasteiger partial charge in [0.05, 0.1) is 6.20 Å². The average Bonchev–Trinajstić information content (AvgIpc) is 2.51. The van der Waals surface area contributed by atoms with E-state index in [0.717, 1.165) is 0 Å². The van der Waals surface area contributed by atoms with Crippen LogP contribution in [-0.4, -0.2) is 16.8 Å². The molecule has 0 spiro atoms. The fraction of sp³-hybridized carbons (Fsp3) is 0.727. The summed E-state index contributed by atoms with van der Waals surface area (Å²) in [5, 5.41) is 7.62. The molecular weight excluding hydrogens is 174 g/mol. The van der Waals surface area contributed by atoms with Gasteiger partial charge in [0.15, 0.2) is 0 Å². The molecule has 0 radical (unpaired) electrons. The molecule has 0 saturated carbocycles. The minimum atomic E-state index is 0.462. The molecule has 1 aromatic rings. The molecule has 0 aliphatic rings. The summed E-state index contributed by atoms with van der Waals surface area (Å²) in [4.78, 5) is 0. The van der Waals surface area contributed by atoms with E-state index in [1.165, 1.54) is 30.5 Å². The minimum absolute atomic E-state index is 0.462. The van der Waals surface area contributed by atoms with Crippen molar-refractivity contribution in [1.29, 1.82) is 0 Å². The fourth-order valence-electron chi connectivity index (χ4n) is 1.72. The van der Waals surface area contributed by atoms with E-state index in [4.69, 9.17) is 0 Å². The molecule has 0 aliphatic carbocycles. The van der Waals surface area contributed by atoms with E-state index in [-0.39, 0.29) is 0 Å². The van der Waals surface area contributed by atoms with Crippen LogP contribution in [0.1, 0.15) is 43.5 Å². The van der Waals surface area contributed by atoms with Gasteiger partial charge in [-0.2, -0.15) is 5.10 Å². The zero-order chi connectivity index (χ0) is 10.6. The normalized spacial score (nSPS) is 13.1. The standard InChI is InChI=1S/C11H21N3/c1-5-6-7-11(12-3)10-8-13-14(4)9(10)2/h8,11-12H,5-7H2,1-4H3. The number of hydrogen-bond donors (Lipinski definition) is 1. The number of rotatable bonds is 5. The summed E-state index contributed by atoms with van der Waals surface area (Å²) >= 11 is 0. The Balaban J connectivity index is 2.73. The lowest BCUT2D eigenvalue weighted by Crippen LogP contribution is -2.16. The fourth-order valence-corrected chi connectivity index (χ4v) is 1.72. The molecule has 0 aromatic carbocycles. The highest BCUT2D eigenvalue weighted by atomic mass is 15.3. The average molecular weight is 195 g/mol. The van der Waals surface area contributed by atoms with Gasteiger partial charge in [-0.05, 0) is 20.4 Å². The first-order valence-corrected chi connectivity index (χ1v) is 5.36. The van der Waals surface area contributed by atoms with Crippen molar-refractivity contribution in [3.63, 3.8) is 0 Å². The van der Waals surface area contributed by atoms with E-state index >= 15 is 0 Å². The summed E-state index contributed by atoms with van der Waals surface area (Å²) in [5.74, 6) is 0. The van der Waals surface area contributed by atoms with Gasteiger partial charge < -0.3 is 5.32 Å². The SMILES string of the molecule is CCCCC(NC)c1cnn(C)c1C. The van der Waals surface area contributed by atoms with Crippen molar-refractivity contribution in [2.75, 3.05) is 7.05 Å². The Morgan fingerprint density at radius 1 is 1.57 bits per heavy atom. The number of hydrogen-bond acceptors (Lipinski definition) is 2.